The van der Waals surface area contributed by atoms with Gasteiger partial charge >= 0.3 is 0 Å². The Morgan fingerprint density at radius 3 is 2.62 bits per heavy atom. The van der Waals surface area contributed by atoms with Gasteiger partial charge in [-0.2, -0.15) is 4.98 Å². The van der Waals surface area contributed by atoms with Crippen LogP contribution in [0.25, 0.3) is 11.3 Å². The number of hydrogen-bond acceptors (Lipinski definition) is 6. The predicted octanol–water partition coefficient (Wildman–Crippen LogP) is 4.04. The topological polar surface area (TPSA) is 83.0 Å². The number of nitrogens with zero attached hydrogens (tertiary/aromatic N) is 3. The maximum atomic E-state index is 9.30. The molecule has 0 aliphatic rings. The number of halogens is 1. The standard InChI is InChI=1S/C19H20ClN5O/c1-12-4-3-5-15(20)18(12)24-17-10-16(14-6-8-21-9-7-14)23-19(25-17)22-13(2)11-26/h3-10,13,26H,11H2,1-2H3,(H2,22,23,24,25)/t13-/m1/s1. The molecule has 26 heavy (non-hydrogen) atoms. The Kier molecular flexibility index (Phi) is 5.65. The molecule has 2 aromatic heterocycles. The number of pyridine rings is 1. The molecule has 3 rings (SSSR count). The van der Waals surface area contributed by atoms with Gasteiger partial charge in [0.05, 0.1) is 23.0 Å². The third kappa shape index (κ3) is 4.28. The maximum absolute atomic E-state index is 9.30. The van der Waals surface area contributed by atoms with E-state index in [1.807, 2.05) is 50.2 Å². The highest BCUT2D eigenvalue weighted by Gasteiger charge is 2.11. The van der Waals surface area contributed by atoms with Gasteiger partial charge in [0.1, 0.15) is 5.82 Å². The summed E-state index contributed by atoms with van der Waals surface area (Å²) in [5.74, 6) is 1.03. The smallest absolute Gasteiger partial charge is 0.225 e. The van der Waals surface area contributed by atoms with E-state index in [0.717, 1.165) is 22.5 Å². The quantitative estimate of drug-likeness (QED) is 0.608. The minimum Gasteiger partial charge on any atom is -0.394 e. The molecule has 134 valence electrons. The molecule has 0 unspecified atom stereocenters. The van der Waals surface area contributed by atoms with Crippen molar-refractivity contribution >= 4 is 29.1 Å². The minimum atomic E-state index is -0.169. The van der Waals surface area contributed by atoms with Gasteiger partial charge in [-0.1, -0.05) is 23.7 Å². The number of nitrogens with one attached hydrogen (secondary N) is 2. The molecule has 7 heteroatoms. The number of anilines is 3. The third-order valence-corrected chi connectivity index (χ3v) is 4.14. The lowest BCUT2D eigenvalue weighted by molar-refractivity contribution is 0.281. The fourth-order valence-corrected chi connectivity index (χ4v) is 2.70. The number of aromatic nitrogens is 3. The number of rotatable bonds is 6. The molecule has 0 saturated heterocycles. The average Bonchev–Trinajstić information content (AvgIpc) is 2.65. The summed E-state index contributed by atoms with van der Waals surface area (Å²) >= 11 is 6.32. The van der Waals surface area contributed by atoms with Gasteiger partial charge in [-0.25, -0.2) is 4.98 Å². The van der Waals surface area contributed by atoms with Crippen molar-refractivity contribution in [3.8, 4) is 11.3 Å². The van der Waals surface area contributed by atoms with E-state index in [0.29, 0.717) is 16.8 Å². The van der Waals surface area contributed by atoms with E-state index in [-0.39, 0.29) is 12.6 Å². The highest BCUT2D eigenvalue weighted by molar-refractivity contribution is 6.33. The lowest BCUT2D eigenvalue weighted by Crippen LogP contribution is -2.21. The maximum Gasteiger partial charge on any atom is 0.225 e. The second-order valence-electron chi connectivity index (χ2n) is 5.98. The molecule has 0 saturated carbocycles. The second-order valence-corrected chi connectivity index (χ2v) is 6.39. The molecule has 3 aromatic rings. The van der Waals surface area contributed by atoms with Gasteiger partial charge in [-0.05, 0) is 37.6 Å². The third-order valence-electron chi connectivity index (χ3n) is 3.83. The largest absolute Gasteiger partial charge is 0.394 e. The van der Waals surface area contributed by atoms with Crippen LogP contribution in [0.4, 0.5) is 17.5 Å². The van der Waals surface area contributed by atoms with Crippen LogP contribution in [0.3, 0.4) is 0 Å². The zero-order valence-corrected chi connectivity index (χ0v) is 15.3. The summed E-state index contributed by atoms with van der Waals surface area (Å²) in [5, 5.41) is 16.3. The van der Waals surface area contributed by atoms with Crippen molar-refractivity contribution in [2.75, 3.05) is 17.2 Å². The molecule has 0 aliphatic carbocycles. The second kappa shape index (κ2) is 8.12. The van der Waals surface area contributed by atoms with E-state index in [2.05, 4.69) is 25.6 Å². The molecular formula is C19H20ClN5O. The average molecular weight is 370 g/mol. The van der Waals surface area contributed by atoms with E-state index in [1.165, 1.54) is 0 Å². The first kappa shape index (κ1) is 18.1. The Balaban J connectivity index is 2.02. The number of hydrogen-bond donors (Lipinski definition) is 3. The number of benzene rings is 1. The van der Waals surface area contributed by atoms with Crippen LogP contribution in [-0.4, -0.2) is 32.7 Å². The number of aryl methyl sites for hydroxylation is 1. The number of aliphatic hydroxyl groups excluding tert-OH is 1. The Bertz CT molecular complexity index is 868. The molecule has 6 nitrogen and oxygen atoms in total. The molecular weight excluding hydrogens is 350 g/mol. The van der Waals surface area contributed by atoms with Crippen LogP contribution in [-0.2, 0) is 0 Å². The fourth-order valence-electron chi connectivity index (χ4n) is 2.43. The molecule has 0 amide bonds. The van der Waals surface area contributed by atoms with Gasteiger partial charge in [-0.3, -0.25) is 4.98 Å². The van der Waals surface area contributed by atoms with E-state index >= 15 is 0 Å². The summed E-state index contributed by atoms with van der Waals surface area (Å²) in [7, 11) is 0. The van der Waals surface area contributed by atoms with Crippen LogP contribution in [0.2, 0.25) is 5.02 Å². The van der Waals surface area contributed by atoms with Crippen molar-refractivity contribution in [1.82, 2.24) is 15.0 Å². The first-order valence-corrected chi connectivity index (χ1v) is 8.63. The summed E-state index contributed by atoms with van der Waals surface area (Å²) in [6.07, 6.45) is 3.43. The van der Waals surface area contributed by atoms with Gasteiger partial charge in [0.15, 0.2) is 0 Å². The Morgan fingerprint density at radius 2 is 1.92 bits per heavy atom. The van der Waals surface area contributed by atoms with E-state index in [9.17, 15) is 5.11 Å². The molecule has 0 bridgehead atoms. The first-order valence-electron chi connectivity index (χ1n) is 8.26. The summed E-state index contributed by atoms with van der Waals surface area (Å²) in [6.45, 7) is 3.81. The zero-order chi connectivity index (χ0) is 18.5. The van der Waals surface area contributed by atoms with Crippen LogP contribution in [0.1, 0.15) is 12.5 Å². The van der Waals surface area contributed by atoms with Gasteiger partial charge < -0.3 is 15.7 Å². The van der Waals surface area contributed by atoms with E-state index in [1.54, 1.807) is 12.4 Å². The summed E-state index contributed by atoms with van der Waals surface area (Å²) in [6, 6.07) is 11.2. The van der Waals surface area contributed by atoms with Crippen LogP contribution in [0.5, 0.6) is 0 Å². The molecule has 1 aromatic carbocycles. The van der Waals surface area contributed by atoms with Crippen molar-refractivity contribution in [1.29, 1.82) is 0 Å². The Morgan fingerprint density at radius 1 is 1.15 bits per heavy atom. The highest BCUT2D eigenvalue weighted by atomic mass is 35.5. The van der Waals surface area contributed by atoms with Gasteiger partial charge in [0.2, 0.25) is 5.95 Å². The van der Waals surface area contributed by atoms with E-state index < -0.39 is 0 Å². The van der Waals surface area contributed by atoms with Gasteiger partial charge in [0.25, 0.3) is 0 Å². The monoisotopic (exact) mass is 369 g/mol. The summed E-state index contributed by atoms with van der Waals surface area (Å²) < 4.78 is 0. The van der Waals surface area contributed by atoms with Crippen LogP contribution in [0, 0.1) is 6.92 Å². The van der Waals surface area contributed by atoms with Crippen LogP contribution in [0.15, 0.2) is 48.8 Å². The van der Waals surface area contributed by atoms with E-state index in [4.69, 9.17) is 11.6 Å². The lowest BCUT2D eigenvalue weighted by Gasteiger charge is -2.15. The molecule has 0 fully saturated rings. The summed E-state index contributed by atoms with van der Waals surface area (Å²) in [5.41, 5.74) is 3.47. The highest BCUT2D eigenvalue weighted by Crippen LogP contribution is 2.30. The number of para-hydroxylation sites is 1. The van der Waals surface area contributed by atoms with Crippen LogP contribution < -0.4 is 10.6 Å². The molecule has 2 heterocycles. The molecule has 0 spiro atoms. The predicted molar refractivity (Wildman–Crippen MR) is 105 cm³/mol. The van der Waals surface area contributed by atoms with Crippen molar-refractivity contribution in [3.63, 3.8) is 0 Å². The molecule has 1 atom stereocenters. The molecule has 0 radical (unpaired) electrons. The number of aliphatic hydroxyl groups is 1. The van der Waals surface area contributed by atoms with Crippen molar-refractivity contribution < 1.29 is 5.11 Å². The Hall–Kier alpha value is -2.70. The first-order chi connectivity index (χ1) is 12.6. The SMILES string of the molecule is Cc1cccc(Cl)c1Nc1cc(-c2ccncc2)nc(N[C@H](C)CO)n1. The minimum absolute atomic E-state index is 0.0186. The lowest BCUT2D eigenvalue weighted by atomic mass is 10.2. The van der Waals surface area contributed by atoms with Gasteiger partial charge in [0, 0.05) is 30.1 Å². The molecule has 0 aliphatic heterocycles. The Labute approximate surface area is 157 Å². The van der Waals surface area contributed by atoms with Gasteiger partial charge in [-0.15, -0.1) is 0 Å². The van der Waals surface area contributed by atoms with Crippen LogP contribution >= 0.6 is 11.6 Å². The van der Waals surface area contributed by atoms with Crippen molar-refractivity contribution in [2.45, 2.75) is 19.9 Å². The molecule has 3 N–H and O–H groups in total. The normalized spacial score (nSPS) is 11.8. The van der Waals surface area contributed by atoms with Crippen molar-refractivity contribution in [3.05, 3.63) is 59.4 Å². The summed E-state index contributed by atoms with van der Waals surface area (Å²) in [4.78, 5) is 13.1. The fraction of sp³-hybridized carbons (Fsp3) is 0.211. The van der Waals surface area contributed by atoms with Crippen molar-refractivity contribution in [2.24, 2.45) is 0 Å². The zero-order valence-electron chi connectivity index (χ0n) is 14.6.